The lowest BCUT2D eigenvalue weighted by Gasteiger charge is -2.17. The number of nitriles is 1. The molecule has 0 aromatic heterocycles. The molecule has 0 heterocycles. The molecule has 0 aliphatic heterocycles. The fraction of sp³-hybridized carbons (Fsp3) is 0.278. The zero-order valence-corrected chi connectivity index (χ0v) is 12.7. The van der Waals surface area contributed by atoms with Crippen LogP contribution in [-0.2, 0) is 0 Å². The van der Waals surface area contributed by atoms with E-state index in [0.717, 1.165) is 5.69 Å². The van der Waals surface area contributed by atoms with Crippen molar-refractivity contribution in [1.29, 1.82) is 5.26 Å². The van der Waals surface area contributed by atoms with Gasteiger partial charge in [0.05, 0.1) is 0 Å². The number of rotatable bonds is 5. The zero-order valence-electron chi connectivity index (χ0n) is 12.7. The van der Waals surface area contributed by atoms with Gasteiger partial charge in [0.2, 0.25) is 0 Å². The van der Waals surface area contributed by atoms with E-state index in [1.165, 1.54) is 16.7 Å². The fourth-order valence-electron chi connectivity index (χ4n) is 2.13. The maximum absolute atomic E-state index is 8.48. The zero-order chi connectivity index (χ0) is 15.2. The SMILES string of the molecule is Cc1ccc(C(C)Nc2ccc(OCC#N)cc2)cc1C. The van der Waals surface area contributed by atoms with Crippen LogP contribution in [0.2, 0.25) is 0 Å². The van der Waals surface area contributed by atoms with Gasteiger partial charge >= 0.3 is 0 Å². The highest BCUT2D eigenvalue weighted by Crippen LogP contribution is 2.23. The lowest BCUT2D eigenvalue weighted by molar-refractivity contribution is 0.368. The molecule has 0 amide bonds. The summed E-state index contributed by atoms with van der Waals surface area (Å²) in [5.41, 5.74) is 4.92. The van der Waals surface area contributed by atoms with Crippen LogP contribution in [0.1, 0.15) is 29.7 Å². The molecular formula is C18H20N2O. The van der Waals surface area contributed by atoms with Crippen molar-refractivity contribution in [3.8, 4) is 11.8 Å². The molecule has 2 rings (SSSR count). The van der Waals surface area contributed by atoms with Gasteiger partial charge in [-0.1, -0.05) is 18.2 Å². The van der Waals surface area contributed by atoms with Gasteiger partial charge in [-0.15, -0.1) is 0 Å². The first kappa shape index (κ1) is 14.9. The topological polar surface area (TPSA) is 45.0 Å². The van der Waals surface area contributed by atoms with Gasteiger partial charge in [0.1, 0.15) is 11.8 Å². The van der Waals surface area contributed by atoms with Crippen LogP contribution >= 0.6 is 0 Å². The standard InChI is InChI=1S/C18H20N2O/c1-13-4-5-16(12-14(13)2)15(3)20-17-6-8-18(9-7-17)21-11-10-19/h4-9,12,15,20H,11H2,1-3H3. The third-order valence-electron chi connectivity index (χ3n) is 3.57. The third kappa shape index (κ3) is 4.00. The van der Waals surface area contributed by atoms with Crippen molar-refractivity contribution in [3.63, 3.8) is 0 Å². The van der Waals surface area contributed by atoms with Gasteiger partial charge in [-0.25, -0.2) is 0 Å². The van der Waals surface area contributed by atoms with Crippen molar-refractivity contribution in [2.45, 2.75) is 26.8 Å². The molecule has 1 unspecified atom stereocenters. The minimum absolute atomic E-state index is 0.0752. The van der Waals surface area contributed by atoms with Gasteiger partial charge in [-0.2, -0.15) is 5.26 Å². The number of hydrogen-bond donors (Lipinski definition) is 1. The second kappa shape index (κ2) is 6.81. The van der Waals surface area contributed by atoms with Gasteiger partial charge in [0.25, 0.3) is 0 Å². The summed E-state index contributed by atoms with van der Waals surface area (Å²) >= 11 is 0. The maximum Gasteiger partial charge on any atom is 0.174 e. The Morgan fingerprint density at radius 3 is 2.43 bits per heavy atom. The van der Waals surface area contributed by atoms with Crippen LogP contribution in [-0.4, -0.2) is 6.61 Å². The van der Waals surface area contributed by atoms with E-state index in [1.807, 2.05) is 30.3 Å². The van der Waals surface area contributed by atoms with Gasteiger partial charge in [-0.05, 0) is 61.7 Å². The first-order valence-electron chi connectivity index (χ1n) is 7.03. The molecule has 0 radical (unpaired) electrons. The Balaban J connectivity index is 2.03. The van der Waals surface area contributed by atoms with E-state index >= 15 is 0 Å². The van der Waals surface area contributed by atoms with E-state index in [9.17, 15) is 0 Å². The minimum atomic E-state index is 0.0752. The second-order valence-electron chi connectivity index (χ2n) is 5.18. The molecule has 0 saturated carbocycles. The highest BCUT2D eigenvalue weighted by Gasteiger charge is 2.06. The summed E-state index contributed by atoms with van der Waals surface area (Å²) in [6.07, 6.45) is 0. The van der Waals surface area contributed by atoms with Crippen molar-refractivity contribution in [2.75, 3.05) is 11.9 Å². The predicted molar refractivity (Wildman–Crippen MR) is 85.5 cm³/mol. The molecule has 0 fully saturated rings. The Morgan fingerprint density at radius 1 is 1.10 bits per heavy atom. The first-order chi connectivity index (χ1) is 10.1. The maximum atomic E-state index is 8.48. The normalized spacial score (nSPS) is 11.5. The Morgan fingerprint density at radius 2 is 1.81 bits per heavy atom. The molecule has 1 N–H and O–H groups in total. The van der Waals surface area contributed by atoms with E-state index < -0.39 is 0 Å². The molecule has 1 atom stereocenters. The number of aryl methyl sites for hydroxylation is 2. The van der Waals surface area contributed by atoms with Crippen molar-refractivity contribution >= 4 is 5.69 Å². The molecule has 2 aromatic carbocycles. The monoisotopic (exact) mass is 280 g/mol. The van der Waals surface area contributed by atoms with Crippen LogP contribution in [0.5, 0.6) is 5.75 Å². The van der Waals surface area contributed by atoms with Crippen LogP contribution in [0.4, 0.5) is 5.69 Å². The summed E-state index contributed by atoms with van der Waals surface area (Å²) in [6, 6.07) is 16.4. The van der Waals surface area contributed by atoms with Crippen LogP contribution in [0.25, 0.3) is 0 Å². The number of benzene rings is 2. The molecule has 3 heteroatoms. The van der Waals surface area contributed by atoms with E-state index in [-0.39, 0.29) is 12.6 Å². The lowest BCUT2D eigenvalue weighted by Crippen LogP contribution is -2.07. The molecule has 2 aromatic rings. The largest absolute Gasteiger partial charge is 0.479 e. The summed E-state index contributed by atoms with van der Waals surface area (Å²) in [5, 5.41) is 11.9. The summed E-state index contributed by atoms with van der Waals surface area (Å²) < 4.78 is 5.24. The quantitative estimate of drug-likeness (QED) is 0.884. The predicted octanol–water partition coefficient (Wildman–Crippen LogP) is 4.38. The van der Waals surface area contributed by atoms with Crippen LogP contribution in [0, 0.1) is 25.2 Å². The first-order valence-corrected chi connectivity index (χ1v) is 7.03. The fourth-order valence-corrected chi connectivity index (χ4v) is 2.13. The van der Waals surface area contributed by atoms with Gasteiger partial charge in [-0.3, -0.25) is 0 Å². The number of nitrogens with one attached hydrogen (secondary N) is 1. The van der Waals surface area contributed by atoms with Crippen molar-refractivity contribution < 1.29 is 4.74 Å². The Kier molecular flexibility index (Phi) is 4.84. The number of anilines is 1. The Hall–Kier alpha value is -2.47. The lowest BCUT2D eigenvalue weighted by atomic mass is 10.0. The highest BCUT2D eigenvalue weighted by atomic mass is 16.5. The Bertz CT molecular complexity index is 641. The summed E-state index contributed by atoms with van der Waals surface area (Å²) in [7, 11) is 0. The average Bonchev–Trinajstić information content (AvgIpc) is 2.49. The second-order valence-corrected chi connectivity index (χ2v) is 5.18. The van der Waals surface area contributed by atoms with E-state index in [2.05, 4.69) is 44.3 Å². The van der Waals surface area contributed by atoms with Crippen LogP contribution in [0.15, 0.2) is 42.5 Å². The van der Waals surface area contributed by atoms with Crippen molar-refractivity contribution in [2.24, 2.45) is 0 Å². The average molecular weight is 280 g/mol. The smallest absolute Gasteiger partial charge is 0.174 e. The molecule has 21 heavy (non-hydrogen) atoms. The summed E-state index contributed by atoms with van der Waals surface area (Å²) in [4.78, 5) is 0. The van der Waals surface area contributed by atoms with Crippen LogP contribution < -0.4 is 10.1 Å². The van der Waals surface area contributed by atoms with Gasteiger partial charge in [0.15, 0.2) is 6.61 Å². The number of nitrogens with zero attached hydrogens (tertiary/aromatic N) is 1. The molecule has 0 bridgehead atoms. The molecule has 0 aliphatic carbocycles. The van der Waals surface area contributed by atoms with Crippen molar-refractivity contribution in [1.82, 2.24) is 0 Å². The highest BCUT2D eigenvalue weighted by molar-refractivity contribution is 5.48. The van der Waals surface area contributed by atoms with E-state index in [1.54, 1.807) is 0 Å². The minimum Gasteiger partial charge on any atom is -0.479 e. The number of ether oxygens (including phenoxy) is 1. The Labute approximate surface area is 126 Å². The van der Waals surface area contributed by atoms with E-state index in [4.69, 9.17) is 10.00 Å². The summed E-state index contributed by atoms with van der Waals surface area (Å²) in [5.74, 6) is 0.709. The molecule has 3 nitrogen and oxygen atoms in total. The summed E-state index contributed by atoms with van der Waals surface area (Å²) in [6.45, 7) is 6.47. The number of hydrogen-bond acceptors (Lipinski definition) is 3. The van der Waals surface area contributed by atoms with E-state index in [0.29, 0.717) is 5.75 Å². The molecule has 0 spiro atoms. The molecule has 108 valence electrons. The van der Waals surface area contributed by atoms with Gasteiger partial charge in [0, 0.05) is 11.7 Å². The molecular weight excluding hydrogens is 260 g/mol. The molecule has 0 aliphatic rings. The van der Waals surface area contributed by atoms with Crippen LogP contribution in [0.3, 0.4) is 0 Å². The molecule has 0 saturated heterocycles. The van der Waals surface area contributed by atoms with Crippen molar-refractivity contribution in [3.05, 3.63) is 59.2 Å². The van der Waals surface area contributed by atoms with Gasteiger partial charge < -0.3 is 10.1 Å². The third-order valence-corrected chi connectivity index (χ3v) is 3.57.